The van der Waals surface area contributed by atoms with Crippen molar-refractivity contribution < 1.29 is 9.59 Å². The van der Waals surface area contributed by atoms with Crippen LogP contribution in [0.25, 0.3) is 11.0 Å². The van der Waals surface area contributed by atoms with Gasteiger partial charge in [0.25, 0.3) is 5.91 Å². The topological polar surface area (TPSA) is 78.0 Å². The van der Waals surface area contributed by atoms with E-state index in [1.807, 2.05) is 35.1 Å². The number of hydrogen-bond acceptors (Lipinski definition) is 4. The molecule has 28 heavy (non-hydrogen) atoms. The number of fused-ring (bicyclic) bond motifs is 1. The van der Waals surface area contributed by atoms with Gasteiger partial charge in [-0.15, -0.1) is 0 Å². The first-order valence-electron chi connectivity index (χ1n) is 9.05. The molecule has 0 radical (unpaired) electrons. The number of aromatic nitrogens is 2. The highest BCUT2D eigenvalue weighted by molar-refractivity contribution is 7.99. The van der Waals surface area contributed by atoms with Crippen molar-refractivity contribution in [1.82, 2.24) is 9.55 Å². The first kappa shape index (κ1) is 20.4. The van der Waals surface area contributed by atoms with Gasteiger partial charge in [-0.05, 0) is 36.4 Å². The van der Waals surface area contributed by atoms with Crippen LogP contribution in [0.4, 0.5) is 0 Å². The maximum Gasteiger partial charge on any atom is 0.267 e. The first-order valence-corrected chi connectivity index (χ1v) is 10.8. The summed E-state index contributed by atoms with van der Waals surface area (Å²) < 4.78 is 2.00. The lowest BCUT2D eigenvalue weighted by Gasteiger charge is -2.12. The van der Waals surface area contributed by atoms with E-state index in [2.05, 4.69) is 11.9 Å². The average molecular weight is 416 g/mol. The Kier molecular flexibility index (Phi) is 6.42. The standard InChI is InChI=1S/C21H22ClN3O2S/c1-3-6-17-19(18(26)12-28-2)14-9-10-16(20(23)27)24-21(14)25(17)11-13-7-4-5-8-15(13)22/h4-5,7-10H,3,6,11-12H2,1-2H3,(H2,23,27). The van der Waals surface area contributed by atoms with Gasteiger partial charge >= 0.3 is 0 Å². The molecule has 2 heterocycles. The second-order valence-corrected chi connectivity index (χ2v) is 7.81. The van der Waals surface area contributed by atoms with Crippen LogP contribution in [0.15, 0.2) is 36.4 Å². The molecule has 0 saturated heterocycles. The molecule has 5 nitrogen and oxygen atoms in total. The third kappa shape index (κ3) is 3.93. The summed E-state index contributed by atoms with van der Waals surface area (Å²) in [5.41, 5.74) is 8.73. The van der Waals surface area contributed by atoms with E-state index in [9.17, 15) is 9.59 Å². The second kappa shape index (κ2) is 8.80. The zero-order valence-electron chi connectivity index (χ0n) is 15.9. The van der Waals surface area contributed by atoms with Crippen LogP contribution in [0.3, 0.4) is 0 Å². The molecular formula is C21H22ClN3O2S. The predicted octanol–water partition coefficient (Wildman–Crippen LogP) is 4.34. The van der Waals surface area contributed by atoms with E-state index >= 15 is 0 Å². The van der Waals surface area contributed by atoms with Gasteiger partial charge in [0, 0.05) is 21.7 Å². The fourth-order valence-electron chi connectivity index (χ4n) is 3.38. The van der Waals surface area contributed by atoms with Gasteiger partial charge in [-0.2, -0.15) is 11.8 Å². The third-order valence-electron chi connectivity index (χ3n) is 4.59. The molecule has 2 aromatic heterocycles. The highest BCUT2D eigenvalue weighted by atomic mass is 35.5. The largest absolute Gasteiger partial charge is 0.364 e. The molecule has 3 aromatic rings. The number of carbonyl (C=O) groups excluding carboxylic acids is 2. The van der Waals surface area contributed by atoms with Crippen LogP contribution in [-0.4, -0.2) is 33.3 Å². The lowest BCUT2D eigenvalue weighted by atomic mass is 10.1. The van der Waals surface area contributed by atoms with Gasteiger partial charge in [0.1, 0.15) is 11.3 Å². The zero-order chi connectivity index (χ0) is 20.3. The summed E-state index contributed by atoms with van der Waals surface area (Å²) in [7, 11) is 0. The number of rotatable bonds is 8. The Morgan fingerprint density at radius 3 is 2.61 bits per heavy atom. The van der Waals surface area contributed by atoms with Crippen molar-refractivity contribution in [2.24, 2.45) is 5.73 Å². The van der Waals surface area contributed by atoms with Gasteiger partial charge in [-0.25, -0.2) is 4.98 Å². The molecular weight excluding hydrogens is 394 g/mol. The molecule has 1 aromatic carbocycles. The number of hydrogen-bond donors (Lipinski definition) is 1. The van der Waals surface area contributed by atoms with Crippen LogP contribution in [0.5, 0.6) is 0 Å². The van der Waals surface area contributed by atoms with Gasteiger partial charge in [0.05, 0.1) is 12.3 Å². The zero-order valence-corrected chi connectivity index (χ0v) is 17.4. The number of nitrogens with two attached hydrogens (primary N) is 1. The van der Waals surface area contributed by atoms with Gasteiger partial charge in [-0.3, -0.25) is 9.59 Å². The monoisotopic (exact) mass is 415 g/mol. The van der Waals surface area contributed by atoms with E-state index in [1.54, 1.807) is 12.1 Å². The number of pyridine rings is 1. The SMILES string of the molecule is CCCc1c(C(=O)CSC)c2ccc(C(N)=O)nc2n1Cc1ccccc1Cl. The Bertz CT molecular complexity index is 1050. The summed E-state index contributed by atoms with van der Waals surface area (Å²) in [6, 6.07) is 10.9. The van der Waals surface area contributed by atoms with Gasteiger partial charge in [-0.1, -0.05) is 43.1 Å². The molecule has 0 saturated carbocycles. The van der Waals surface area contributed by atoms with Crippen molar-refractivity contribution in [1.29, 1.82) is 0 Å². The van der Waals surface area contributed by atoms with Crippen LogP contribution in [-0.2, 0) is 13.0 Å². The van der Waals surface area contributed by atoms with Crippen molar-refractivity contribution >= 4 is 46.1 Å². The molecule has 0 atom stereocenters. The van der Waals surface area contributed by atoms with E-state index in [0.29, 0.717) is 28.5 Å². The van der Waals surface area contributed by atoms with E-state index in [1.165, 1.54) is 11.8 Å². The Labute approximate surface area is 173 Å². The average Bonchev–Trinajstić information content (AvgIpc) is 2.97. The van der Waals surface area contributed by atoms with Crippen molar-refractivity contribution in [2.75, 3.05) is 12.0 Å². The maximum absolute atomic E-state index is 12.9. The smallest absolute Gasteiger partial charge is 0.267 e. The first-order chi connectivity index (χ1) is 13.5. The van der Waals surface area contributed by atoms with Gasteiger partial charge in [0.2, 0.25) is 0 Å². The number of Topliss-reactive ketones (excluding diaryl/α,β-unsaturated/α-hetero) is 1. The molecule has 1 amide bonds. The van der Waals surface area contributed by atoms with Crippen molar-refractivity contribution in [3.8, 4) is 0 Å². The molecule has 2 N–H and O–H groups in total. The summed E-state index contributed by atoms with van der Waals surface area (Å²) in [5.74, 6) is -0.145. The molecule has 0 fully saturated rings. The summed E-state index contributed by atoms with van der Waals surface area (Å²) in [4.78, 5) is 29.1. The van der Waals surface area contributed by atoms with Crippen LogP contribution in [0.2, 0.25) is 5.02 Å². The maximum atomic E-state index is 12.9. The second-order valence-electron chi connectivity index (χ2n) is 6.54. The summed E-state index contributed by atoms with van der Waals surface area (Å²) >= 11 is 7.87. The van der Waals surface area contributed by atoms with E-state index in [4.69, 9.17) is 17.3 Å². The molecule has 0 aliphatic rings. The minimum absolute atomic E-state index is 0.0625. The molecule has 3 rings (SSSR count). The number of nitrogens with zero attached hydrogens (tertiary/aromatic N) is 2. The minimum Gasteiger partial charge on any atom is -0.364 e. The fraction of sp³-hybridized carbons (Fsp3) is 0.286. The number of thioether (sulfide) groups is 1. The highest BCUT2D eigenvalue weighted by Gasteiger charge is 2.24. The van der Waals surface area contributed by atoms with Gasteiger partial charge < -0.3 is 10.3 Å². The number of ketones is 1. The van der Waals surface area contributed by atoms with Crippen molar-refractivity contribution in [3.05, 3.63) is 63.9 Å². The predicted molar refractivity (Wildman–Crippen MR) is 116 cm³/mol. The Balaban J connectivity index is 2.29. The lowest BCUT2D eigenvalue weighted by molar-refractivity contribution is 0.0993. The number of benzene rings is 1. The Morgan fingerprint density at radius 2 is 1.96 bits per heavy atom. The number of primary amides is 1. The molecule has 0 spiro atoms. The van der Waals surface area contributed by atoms with Crippen molar-refractivity contribution in [2.45, 2.75) is 26.3 Å². The van der Waals surface area contributed by atoms with E-state index in [0.717, 1.165) is 29.5 Å². The number of carbonyl (C=O) groups is 2. The van der Waals surface area contributed by atoms with Crippen LogP contribution in [0, 0.1) is 0 Å². The Hall–Kier alpha value is -2.31. The quantitative estimate of drug-likeness (QED) is 0.555. The molecule has 7 heteroatoms. The lowest BCUT2D eigenvalue weighted by Crippen LogP contribution is -2.14. The molecule has 0 unspecified atom stereocenters. The van der Waals surface area contributed by atoms with E-state index in [-0.39, 0.29) is 11.5 Å². The number of halogens is 1. The normalized spacial score (nSPS) is 11.1. The van der Waals surface area contributed by atoms with Crippen LogP contribution < -0.4 is 5.73 Å². The summed E-state index contributed by atoms with van der Waals surface area (Å²) in [6.07, 6.45) is 3.51. The number of amides is 1. The summed E-state index contributed by atoms with van der Waals surface area (Å²) in [5, 5.41) is 1.40. The van der Waals surface area contributed by atoms with E-state index < -0.39 is 5.91 Å². The molecule has 0 bridgehead atoms. The molecule has 0 aliphatic heterocycles. The van der Waals surface area contributed by atoms with Crippen molar-refractivity contribution in [3.63, 3.8) is 0 Å². The summed E-state index contributed by atoms with van der Waals surface area (Å²) in [6.45, 7) is 2.54. The minimum atomic E-state index is -0.596. The third-order valence-corrected chi connectivity index (χ3v) is 5.51. The fourth-order valence-corrected chi connectivity index (χ4v) is 3.99. The molecule has 146 valence electrons. The van der Waals surface area contributed by atoms with Gasteiger partial charge in [0.15, 0.2) is 5.78 Å². The van der Waals surface area contributed by atoms with Crippen LogP contribution >= 0.6 is 23.4 Å². The molecule has 0 aliphatic carbocycles. The van der Waals surface area contributed by atoms with Crippen LogP contribution in [0.1, 0.15) is 45.4 Å². The Morgan fingerprint density at radius 1 is 1.21 bits per heavy atom. The highest BCUT2D eigenvalue weighted by Crippen LogP contribution is 2.30.